The average Bonchev–Trinajstić information content (AvgIpc) is 4.01. The van der Waals surface area contributed by atoms with Gasteiger partial charge in [0.2, 0.25) is 47.3 Å². The molecule has 7 rings (SSSR count). The van der Waals surface area contributed by atoms with Crippen molar-refractivity contribution in [3.05, 3.63) is 52.6 Å². The van der Waals surface area contributed by atoms with E-state index in [-0.39, 0.29) is 103 Å². The van der Waals surface area contributed by atoms with E-state index in [1.54, 1.807) is 51.3 Å². The largest absolute Gasteiger partial charge is 1.00 e. The number of hydrogen-bond donors (Lipinski definition) is 12. The molecule has 5 heterocycles. The van der Waals surface area contributed by atoms with Gasteiger partial charge in [0.25, 0.3) is 0 Å². The van der Waals surface area contributed by atoms with Gasteiger partial charge in [-0.1, -0.05) is 39.4 Å². The Kier molecular flexibility index (Phi) is 17.3. The average molecular weight is 1010 g/mol. The molecule has 382 valence electrons. The number of aliphatic carboxylic acids is 1. The molecule has 0 aromatic heterocycles. The van der Waals surface area contributed by atoms with Crippen LogP contribution in [-0.4, -0.2) is 143 Å². The summed E-state index contributed by atoms with van der Waals surface area (Å²) in [6.45, 7) is 4.15. The summed E-state index contributed by atoms with van der Waals surface area (Å²) in [6.07, 6.45) is -1.46. The number of aliphatic hydroxyl groups is 2. The number of ether oxygens (including phenoxy) is 2. The number of aliphatic hydroxyl groups excluding tert-OH is 2. The van der Waals surface area contributed by atoms with Crippen LogP contribution in [0.3, 0.4) is 0 Å². The number of benzene rings is 2. The normalized spacial score (nSPS) is 30.1. The second kappa shape index (κ2) is 22.6. The smallest absolute Gasteiger partial charge is 0.540 e. The molecule has 2 aromatic carbocycles. The summed E-state index contributed by atoms with van der Waals surface area (Å²) in [5, 5.41) is 56.4. The van der Waals surface area contributed by atoms with Gasteiger partial charge >= 0.3 is 35.5 Å². The number of carboxylic acids is 1. The van der Waals surface area contributed by atoms with E-state index in [9.17, 15) is 63.3 Å². The zero-order chi connectivity index (χ0) is 51.5. The third-order valence-corrected chi connectivity index (χ3v) is 13.8. The fourth-order valence-electron chi connectivity index (χ4n) is 9.91. The maximum atomic E-state index is 14.4. The molecule has 2 aromatic rings. The van der Waals surface area contributed by atoms with Gasteiger partial charge in [0.05, 0.1) is 24.3 Å². The number of carbonyl (C=O) groups excluding carboxylic acids is 9. The minimum absolute atomic E-state index is 0. The second-order valence-electron chi connectivity index (χ2n) is 18.7. The Morgan fingerprint density at radius 1 is 0.903 bits per heavy atom. The number of carboxylic acid groups (broad SMARTS) is 1. The summed E-state index contributed by atoms with van der Waals surface area (Å²) in [5.41, 5.74) is -1.74. The zero-order valence-electron chi connectivity index (χ0n) is 40.4. The van der Waals surface area contributed by atoms with Gasteiger partial charge in [-0.15, -0.1) is 0 Å². The van der Waals surface area contributed by atoms with Crippen LogP contribution < -0.4 is 86.9 Å². The van der Waals surface area contributed by atoms with Crippen molar-refractivity contribution in [3.8, 4) is 11.5 Å². The molecule has 1 spiro atoms. The molecule has 5 aliphatic rings. The van der Waals surface area contributed by atoms with Crippen molar-refractivity contribution in [2.45, 2.75) is 132 Å². The van der Waals surface area contributed by atoms with Crippen molar-refractivity contribution < 1.29 is 102 Å². The summed E-state index contributed by atoms with van der Waals surface area (Å²) in [6, 6.07) is -0.877. The summed E-state index contributed by atoms with van der Waals surface area (Å²) < 4.78 is 13.5. The molecule has 72 heavy (non-hydrogen) atoms. The van der Waals surface area contributed by atoms with Gasteiger partial charge in [0.1, 0.15) is 53.4 Å². The molecular weight excluding hydrogens is 954 g/mol. The van der Waals surface area contributed by atoms with Crippen molar-refractivity contribution in [2.24, 2.45) is 5.92 Å². The van der Waals surface area contributed by atoms with Crippen molar-refractivity contribution in [1.29, 1.82) is 0 Å². The Morgan fingerprint density at radius 3 is 2.31 bits per heavy atom. The first-order chi connectivity index (χ1) is 33.8. The molecule has 10 unspecified atom stereocenters. The van der Waals surface area contributed by atoms with Gasteiger partial charge in [-0.2, -0.15) is 0 Å². The number of amides is 8. The van der Waals surface area contributed by atoms with E-state index in [2.05, 4.69) is 47.9 Å². The van der Waals surface area contributed by atoms with Crippen LogP contribution in [0.15, 0.2) is 30.3 Å². The molecule has 12 N–H and O–H groups in total. The van der Waals surface area contributed by atoms with Crippen molar-refractivity contribution in [2.75, 3.05) is 25.0 Å². The van der Waals surface area contributed by atoms with Gasteiger partial charge in [0.15, 0.2) is 12.3 Å². The van der Waals surface area contributed by atoms with E-state index in [0.29, 0.717) is 16.7 Å². The van der Waals surface area contributed by atoms with E-state index in [1.165, 1.54) is 13.0 Å². The van der Waals surface area contributed by atoms with E-state index in [4.69, 9.17) is 9.47 Å². The minimum Gasteiger partial charge on any atom is -0.540 e. The fourth-order valence-corrected chi connectivity index (χ4v) is 9.91. The summed E-state index contributed by atoms with van der Waals surface area (Å²) in [5.74, 6) is -7.83. The minimum atomic E-state index is -1.86. The molecule has 0 radical (unpaired) electrons. The molecular formula is C47H58N9NaO15. The molecule has 5 aliphatic heterocycles. The van der Waals surface area contributed by atoms with Crippen LogP contribution >= 0.6 is 0 Å². The van der Waals surface area contributed by atoms with Crippen molar-refractivity contribution in [3.63, 3.8) is 0 Å². The van der Waals surface area contributed by atoms with E-state index in [0.717, 1.165) is 0 Å². The Balaban J connectivity index is 0.00000847. The molecule has 0 saturated carbocycles. The van der Waals surface area contributed by atoms with Crippen LogP contribution in [0.4, 0.5) is 5.69 Å². The van der Waals surface area contributed by atoms with Gasteiger partial charge in [-0.05, 0) is 79.8 Å². The number of anilines is 1. The van der Waals surface area contributed by atoms with Gasteiger partial charge in [-0.25, -0.2) is 11.1 Å². The summed E-state index contributed by atoms with van der Waals surface area (Å²) in [4.78, 5) is 132. The second-order valence-corrected chi connectivity index (χ2v) is 18.7. The van der Waals surface area contributed by atoms with E-state index < -0.39 is 133 Å². The number of nitrogens with one attached hydrogen (secondary N) is 9. The fraction of sp³-hybridized carbons (Fsp3) is 0.532. The first-order valence-corrected chi connectivity index (χ1v) is 23.4. The van der Waals surface area contributed by atoms with Gasteiger partial charge in [-0.3, -0.25) is 38.4 Å². The van der Waals surface area contributed by atoms with Crippen LogP contribution in [0, 0.1) is 5.92 Å². The first kappa shape index (κ1) is 55.0. The Morgan fingerprint density at radius 2 is 1.65 bits per heavy atom. The Hall–Kier alpha value is -6.34. The number of carbonyl (C=O) groups is 9. The predicted molar refractivity (Wildman–Crippen MR) is 246 cm³/mol. The number of fused-ring (bicyclic) bond motifs is 4. The van der Waals surface area contributed by atoms with E-state index in [1.807, 2.05) is 0 Å². The SMILES string of the molecule is CCC(=O)NC1C[C@@]23c4cccc(c4NC2Oc2c4cc(cc23)C(O)C(C(=O)NC[C-]=O)NC(=O)C(NC(=O)C2CCC(=O)N2)CC(C)C4)OC(C)(CC)C(C(=O)O)NC(=O)C(CO)NC(=O)CNC1=O.[Na+]. The number of hydrogen-bond acceptors (Lipinski definition) is 15. The molecule has 8 amide bonds. The van der Waals surface area contributed by atoms with Crippen LogP contribution in [0.2, 0.25) is 0 Å². The third kappa shape index (κ3) is 11.0. The van der Waals surface area contributed by atoms with Crippen molar-refractivity contribution in [1.82, 2.24) is 42.5 Å². The van der Waals surface area contributed by atoms with Crippen LogP contribution in [0.1, 0.15) is 94.6 Å². The van der Waals surface area contributed by atoms with Crippen LogP contribution in [0.5, 0.6) is 11.5 Å². The molecule has 25 heteroatoms. The molecule has 1 saturated heterocycles. The Labute approximate surface area is 435 Å². The van der Waals surface area contributed by atoms with E-state index >= 15 is 0 Å². The monoisotopic (exact) mass is 1010 g/mol. The first-order valence-electron chi connectivity index (χ1n) is 23.4. The Bertz CT molecular complexity index is 2530. The van der Waals surface area contributed by atoms with Crippen molar-refractivity contribution >= 4 is 65.2 Å². The van der Waals surface area contributed by atoms with Gasteiger partial charge < -0.3 is 77.4 Å². The number of rotatable bonds is 10. The molecule has 6 bridgehead atoms. The van der Waals surface area contributed by atoms with Crippen LogP contribution in [0.25, 0.3) is 0 Å². The summed E-state index contributed by atoms with van der Waals surface area (Å²) in [7, 11) is 0. The maximum Gasteiger partial charge on any atom is 1.00 e. The third-order valence-electron chi connectivity index (χ3n) is 13.8. The summed E-state index contributed by atoms with van der Waals surface area (Å²) >= 11 is 0. The predicted octanol–water partition coefficient (Wildman–Crippen LogP) is -5.78. The topological polar surface area (TPSA) is 358 Å². The molecule has 24 nitrogen and oxygen atoms in total. The quantitative estimate of drug-likeness (QED) is 0.0779. The standard InChI is InChI=1S/C47H58N9O15.Na/c1-5-31(59)51-28-18-47-24-8-7-9-30(71-46(4,6-2)38(44(68)69)56-42(66)29(20-58)52-33(61)19-49-39(28)63)34(24)55-45(47)70-37-23-14-21(3)15-27(53-40(64)26-10-11-32(60)50-26)41(65)54-35(43(67)48-12-13-57)36(62)22(16-23)17-25(37)47;/h7-9,16-17,21,26-29,35-36,38,45,55,58,62H,5-6,10-12,14-15,18-20H2,1-4H3,(H,48,67)(H,49,63)(H,50,60)(H,51,59)(H,52,61)(H,53,64)(H,54,65)(H,56,66)(H,68,69);/q-1;+1/t21?,26?,27?,28?,29?,35?,36?,38?,45?,46?,47-;/m0./s1. The van der Waals surface area contributed by atoms with Crippen LogP contribution in [-0.2, 0) is 59.8 Å². The maximum absolute atomic E-state index is 14.4. The number of para-hydroxylation sites is 1. The van der Waals surface area contributed by atoms with Gasteiger partial charge in [0, 0.05) is 18.4 Å². The molecule has 0 aliphatic carbocycles. The molecule has 1 fully saturated rings. The molecule has 11 atom stereocenters. The zero-order valence-corrected chi connectivity index (χ0v) is 42.4.